The maximum Gasteiger partial charge on any atom is 0.344 e. The average Bonchev–Trinajstić information content (AvgIpc) is 3.23. The molecule has 0 spiro atoms. The molecule has 1 amide bonds. The third-order valence-corrected chi connectivity index (χ3v) is 8.16. The van der Waals surface area contributed by atoms with Crippen LogP contribution in [0.1, 0.15) is 35.3 Å². The van der Waals surface area contributed by atoms with Crippen LogP contribution < -0.4 is 9.47 Å². The number of nitrogens with zero attached hydrogens (tertiary/aromatic N) is 1. The van der Waals surface area contributed by atoms with E-state index in [0.29, 0.717) is 33.6 Å². The van der Waals surface area contributed by atoms with Crippen LogP contribution in [0.4, 0.5) is 0 Å². The molecule has 0 aliphatic carbocycles. The Morgan fingerprint density at radius 3 is 2.39 bits per heavy atom. The van der Waals surface area contributed by atoms with E-state index in [9.17, 15) is 14.7 Å². The van der Waals surface area contributed by atoms with Gasteiger partial charge in [-0.1, -0.05) is 65.3 Å². The fourth-order valence-corrected chi connectivity index (χ4v) is 5.97. The van der Waals surface area contributed by atoms with Crippen LogP contribution in [0, 0.1) is 3.57 Å². The van der Waals surface area contributed by atoms with E-state index in [1.54, 1.807) is 43.3 Å². The minimum absolute atomic E-state index is 0.0107. The van der Waals surface area contributed by atoms with Crippen LogP contribution in [-0.2, 0) is 16.1 Å². The van der Waals surface area contributed by atoms with Crippen molar-refractivity contribution in [2.24, 2.45) is 4.99 Å². The summed E-state index contributed by atoms with van der Waals surface area (Å²) < 4.78 is 17.8. The molecule has 0 radical (unpaired) electrons. The van der Waals surface area contributed by atoms with E-state index in [2.05, 4.69) is 27.6 Å². The zero-order valence-corrected chi connectivity index (χ0v) is 26.4. The molecule has 212 valence electrons. The number of hydrogen-bond donors (Lipinski definition) is 1. The Morgan fingerprint density at radius 1 is 1.00 bits per heavy atom. The summed E-state index contributed by atoms with van der Waals surface area (Å²) in [5.74, 6) is -0.737. The standard InChI is InChI=1S/C30H24Cl2INO6S/c1-3-38-23-14-17(13-22(33)27(23)40-16-18-9-5-7-11-20(18)31)15-24-26(35)25(30(37)39-4-2)29(41-24)34-28(36)19-10-6-8-12-21(19)32/h5-15,35H,3-4,16H2,1-2H3/b24-15-,34-29?. The maximum absolute atomic E-state index is 12.9. The van der Waals surface area contributed by atoms with E-state index in [0.717, 1.165) is 20.9 Å². The summed E-state index contributed by atoms with van der Waals surface area (Å²) >= 11 is 15.6. The van der Waals surface area contributed by atoms with E-state index in [-0.39, 0.29) is 40.2 Å². The van der Waals surface area contributed by atoms with Crippen molar-refractivity contribution in [1.29, 1.82) is 0 Å². The fraction of sp³-hybridized carbons (Fsp3) is 0.167. The van der Waals surface area contributed by atoms with Gasteiger partial charge in [0.05, 0.1) is 32.3 Å². The average molecular weight is 724 g/mol. The molecule has 3 aromatic carbocycles. The van der Waals surface area contributed by atoms with Gasteiger partial charge < -0.3 is 19.3 Å². The number of esters is 1. The number of carbonyl (C=O) groups is 2. The first kappa shape index (κ1) is 31.0. The summed E-state index contributed by atoms with van der Waals surface area (Å²) in [6, 6.07) is 17.5. The first-order valence-corrected chi connectivity index (χ1v) is 15.1. The SMILES string of the molecule is CCOC(=O)C1=C(O)/C(=C/c2cc(I)c(OCc3ccccc3Cl)c(OCC)c2)SC1=NC(=O)c1ccccc1Cl. The van der Waals surface area contributed by atoms with Gasteiger partial charge >= 0.3 is 5.97 Å². The summed E-state index contributed by atoms with van der Waals surface area (Å²) in [4.78, 5) is 30.1. The molecule has 3 aromatic rings. The van der Waals surface area contributed by atoms with Gasteiger partial charge in [0.1, 0.15) is 23.0 Å². The smallest absolute Gasteiger partial charge is 0.344 e. The van der Waals surface area contributed by atoms with Crippen molar-refractivity contribution >= 4 is 80.6 Å². The van der Waals surface area contributed by atoms with Gasteiger partial charge in [0.2, 0.25) is 0 Å². The summed E-state index contributed by atoms with van der Waals surface area (Å²) in [5, 5.41) is 11.9. The molecule has 0 fully saturated rings. The largest absolute Gasteiger partial charge is 0.506 e. The number of thioether (sulfide) groups is 1. The maximum atomic E-state index is 12.9. The molecule has 7 nitrogen and oxygen atoms in total. The number of aliphatic hydroxyl groups is 1. The van der Waals surface area contributed by atoms with Gasteiger partial charge in [-0.2, -0.15) is 0 Å². The lowest BCUT2D eigenvalue weighted by Gasteiger charge is -2.15. The molecule has 0 aromatic heterocycles. The van der Waals surface area contributed by atoms with Gasteiger partial charge in [-0.15, -0.1) is 0 Å². The number of ether oxygens (including phenoxy) is 3. The number of aliphatic hydroxyl groups excluding tert-OH is 1. The van der Waals surface area contributed by atoms with E-state index < -0.39 is 11.9 Å². The summed E-state index contributed by atoms with van der Waals surface area (Å²) in [7, 11) is 0. The second-order valence-electron chi connectivity index (χ2n) is 8.40. The van der Waals surface area contributed by atoms with Crippen LogP contribution in [0.15, 0.2) is 81.9 Å². The van der Waals surface area contributed by atoms with Crippen molar-refractivity contribution in [3.63, 3.8) is 0 Å². The second-order valence-corrected chi connectivity index (χ2v) is 11.4. The molecule has 11 heteroatoms. The molecular formula is C30H24Cl2INO6S. The number of hydrogen-bond acceptors (Lipinski definition) is 7. The van der Waals surface area contributed by atoms with Gasteiger partial charge in [0.15, 0.2) is 11.5 Å². The van der Waals surface area contributed by atoms with E-state index in [1.165, 1.54) is 6.07 Å². The van der Waals surface area contributed by atoms with Gasteiger partial charge in [0.25, 0.3) is 5.91 Å². The molecule has 1 aliphatic heterocycles. The minimum Gasteiger partial charge on any atom is -0.506 e. The van der Waals surface area contributed by atoms with Gasteiger partial charge in [-0.25, -0.2) is 9.79 Å². The van der Waals surface area contributed by atoms with Gasteiger partial charge in [-0.05, 0) is 78.4 Å². The fourth-order valence-electron chi connectivity index (χ4n) is 3.77. The summed E-state index contributed by atoms with van der Waals surface area (Å²) in [5.41, 5.74) is 1.48. The predicted molar refractivity (Wildman–Crippen MR) is 171 cm³/mol. The molecule has 0 unspecified atom stereocenters. The van der Waals surface area contributed by atoms with Crippen molar-refractivity contribution in [2.45, 2.75) is 20.5 Å². The predicted octanol–water partition coefficient (Wildman–Crippen LogP) is 8.28. The molecule has 1 N–H and O–H groups in total. The molecule has 41 heavy (non-hydrogen) atoms. The molecular weight excluding hydrogens is 700 g/mol. The number of benzene rings is 3. The highest BCUT2D eigenvalue weighted by atomic mass is 127. The van der Waals surface area contributed by atoms with E-state index >= 15 is 0 Å². The zero-order valence-electron chi connectivity index (χ0n) is 21.9. The molecule has 4 rings (SSSR count). The Balaban J connectivity index is 1.69. The first-order chi connectivity index (χ1) is 19.7. The third-order valence-electron chi connectivity index (χ3n) is 5.64. The van der Waals surface area contributed by atoms with Crippen LogP contribution >= 0.6 is 57.6 Å². The zero-order chi connectivity index (χ0) is 29.5. The second kappa shape index (κ2) is 14.3. The third kappa shape index (κ3) is 7.45. The van der Waals surface area contributed by atoms with E-state index in [4.69, 9.17) is 37.4 Å². The van der Waals surface area contributed by atoms with Gasteiger partial charge in [-0.3, -0.25) is 4.79 Å². The first-order valence-electron chi connectivity index (χ1n) is 12.4. The van der Waals surface area contributed by atoms with Gasteiger partial charge in [0, 0.05) is 10.6 Å². The van der Waals surface area contributed by atoms with Crippen molar-refractivity contribution < 1.29 is 28.9 Å². The van der Waals surface area contributed by atoms with Crippen molar-refractivity contribution in [3.8, 4) is 11.5 Å². The molecule has 0 saturated carbocycles. The number of amides is 1. The quantitative estimate of drug-likeness (QED) is 0.175. The number of aliphatic imine (C=N–C) groups is 1. The van der Waals surface area contributed by atoms with Crippen molar-refractivity contribution in [3.05, 3.63) is 107 Å². The summed E-state index contributed by atoms with van der Waals surface area (Å²) in [6.07, 6.45) is 1.67. The lowest BCUT2D eigenvalue weighted by atomic mass is 10.1. The van der Waals surface area contributed by atoms with Crippen molar-refractivity contribution in [2.75, 3.05) is 13.2 Å². The number of carbonyl (C=O) groups excluding carboxylic acids is 2. The van der Waals surface area contributed by atoms with E-state index in [1.807, 2.05) is 31.2 Å². The molecule has 0 atom stereocenters. The lowest BCUT2D eigenvalue weighted by molar-refractivity contribution is -0.138. The van der Waals surface area contributed by atoms with Crippen LogP contribution in [-0.4, -0.2) is 35.2 Å². The number of halogens is 3. The van der Waals surface area contributed by atoms with Crippen LogP contribution in [0.2, 0.25) is 10.0 Å². The highest BCUT2D eigenvalue weighted by molar-refractivity contribution is 14.1. The normalized spacial score (nSPS) is 15.0. The Hall–Kier alpha value is -2.99. The molecule has 0 saturated heterocycles. The summed E-state index contributed by atoms with van der Waals surface area (Å²) in [6.45, 7) is 4.23. The lowest BCUT2D eigenvalue weighted by Crippen LogP contribution is -2.14. The van der Waals surface area contributed by atoms with Crippen molar-refractivity contribution in [1.82, 2.24) is 0 Å². The van der Waals surface area contributed by atoms with Crippen LogP contribution in [0.3, 0.4) is 0 Å². The Kier molecular flexibility index (Phi) is 10.8. The number of rotatable bonds is 9. The van der Waals surface area contributed by atoms with Crippen LogP contribution in [0.25, 0.3) is 6.08 Å². The Labute approximate surface area is 265 Å². The molecule has 0 bridgehead atoms. The topological polar surface area (TPSA) is 94.4 Å². The van der Waals surface area contributed by atoms with Crippen LogP contribution in [0.5, 0.6) is 11.5 Å². The monoisotopic (exact) mass is 723 g/mol. The minimum atomic E-state index is -0.792. The molecule has 1 aliphatic rings. The molecule has 1 heterocycles. The highest BCUT2D eigenvalue weighted by Gasteiger charge is 2.34. The Bertz CT molecular complexity index is 1590. The highest BCUT2D eigenvalue weighted by Crippen LogP contribution is 2.41. The Morgan fingerprint density at radius 2 is 1.71 bits per heavy atom.